The van der Waals surface area contributed by atoms with Gasteiger partial charge in [0.25, 0.3) is 0 Å². The molecular formula is C12H18ClNO2S3. The van der Waals surface area contributed by atoms with Crippen molar-refractivity contribution in [3.63, 3.8) is 0 Å². The van der Waals surface area contributed by atoms with E-state index in [1.54, 1.807) is 15.8 Å². The van der Waals surface area contributed by atoms with Crippen LogP contribution in [0.4, 0.5) is 0 Å². The van der Waals surface area contributed by atoms with Crippen molar-refractivity contribution < 1.29 is 8.42 Å². The van der Waals surface area contributed by atoms with Crippen molar-refractivity contribution in [3.8, 4) is 0 Å². The van der Waals surface area contributed by atoms with Gasteiger partial charge in [-0.15, -0.1) is 22.9 Å². The van der Waals surface area contributed by atoms with Gasteiger partial charge in [0, 0.05) is 28.5 Å². The molecule has 1 aliphatic heterocycles. The lowest BCUT2D eigenvalue weighted by molar-refractivity contribution is 0.415. The first-order valence-corrected chi connectivity index (χ1v) is 9.97. The highest BCUT2D eigenvalue weighted by atomic mass is 35.5. The summed E-state index contributed by atoms with van der Waals surface area (Å²) in [7, 11) is -3.39. The normalized spacial score (nSPS) is 21.2. The summed E-state index contributed by atoms with van der Waals surface area (Å²) in [5, 5.41) is 1.79. The molecule has 1 aromatic heterocycles. The molecule has 0 N–H and O–H groups in total. The minimum absolute atomic E-state index is 0.147. The molecule has 1 saturated heterocycles. The van der Waals surface area contributed by atoms with Gasteiger partial charge in [0.2, 0.25) is 10.0 Å². The van der Waals surface area contributed by atoms with E-state index >= 15 is 0 Å². The smallest absolute Gasteiger partial charge is 0.207 e. The molecule has 108 valence electrons. The molecule has 7 heteroatoms. The Kier molecular flexibility index (Phi) is 4.88. The third-order valence-corrected chi connectivity index (χ3v) is 8.07. The molecule has 1 fully saturated rings. The fourth-order valence-electron chi connectivity index (χ4n) is 2.04. The second kappa shape index (κ2) is 5.93. The fourth-order valence-corrected chi connectivity index (χ4v) is 6.37. The third kappa shape index (κ3) is 3.47. The molecule has 0 saturated carbocycles. The lowest BCUT2D eigenvalue weighted by Gasteiger charge is -2.22. The van der Waals surface area contributed by atoms with E-state index in [-0.39, 0.29) is 10.6 Å². The van der Waals surface area contributed by atoms with Crippen LogP contribution in [0.3, 0.4) is 0 Å². The summed E-state index contributed by atoms with van der Waals surface area (Å²) in [5.74, 6) is 1.09. The first kappa shape index (κ1) is 15.6. The number of alkyl halides is 1. The molecule has 0 atom stereocenters. The number of sulfonamides is 1. The van der Waals surface area contributed by atoms with Crippen molar-refractivity contribution in [2.24, 2.45) is 0 Å². The lowest BCUT2D eigenvalue weighted by atomic mass is 10.1. The van der Waals surface area contributed by atoms with Gasteiger partial charge in [-0.3, -0.25) is 0 Å². The second-order valence-corrected chi connectivity index (χ2v) is 10.1. The topological polar surface area (TPSA) is 37.4 Å². The molecule has 1 aliphatic rings. The zero-order chi connectivity index (χ0) is 14.1. The first-order chi connectivity index (χ1) is 8.87. The van der Waals surface area contributed by atoms with Gasteiger partial charge in [-0.1, -0.05) is 13.8 Å². The van der Waals surface area contributed by atoms with Gasteiger partial charge in [0.1, 0.15) is 0 Å². The molecule has 3 nitrogen and oxygen atoms in total. The lowest BCUT2D eigenvalue weighted by Crippen LogP contribution is -2.33. The Morgan fingerprint density at radius 3 is 2.84 bits per heavy atom. The van der Waals surface area contributed by atoms with Crippen LogP contribution in [0.2, 0.25) is 0 Å². The Balaban J connectivity index is 2.25. The van der Waals surface area contributed by atoms with E-state index in [9.17, 15) is 8.42 Å². The van der Waals surface area contributed by atoms with Crippen molar-refractivity contribution in [2.45, 2.75) is 35.8 Å². The molecule has 2 rings (SSSR count). The van der Waals surface area contributed by atoms with E-state index < -0.39 is 10.0 Å². The van der Waals surface area contributed by atoms with Crippen LogP contribution in [0.15, 0.2) is 16.3 Å². The summed E-state index contributed by atoms with van der Waals surface area (Å²) in [5.41, 5.74) is 0. The van der Waals surface area contributed by atoms with Crippen molar-refractivity contribution in [1.82, 2.24) is 4.31 Å². The van der Waals surface area contributed by atoms with E-state index in [0.717, 1.165) is 17.1 Å². The van der Waals surface area contributed by atoms with Gasteiger partial charge in [-0.05, 0) is 17.9 Å². The minimum Gasteiger partial charge on any atom is -0.207 e. The number of nitrogens with zero attached hydrogens (tertiary/aromatic N) is 1. The highest BCUT2D eigenvalue weighted by Gasteiger charge is 2.32. The Morgan fingerprint density at radius 1 is 1.42 bits per heavy atom. The highest BCUT2D eigenvalue weighted by molar-refractivity contribution is 8.00. The SMILES string of the molecule is CC1(C)CCN(S(=O)(=O)c2ccsc2CCl)CCS1. The summed E-state index contributed by atoms with van der Waals surface area (Å²) < 4.78 is 27.1. The molecule has 0 spiro atoms. The Bertz CT molecular complexity index is 539. The Hall–Kier alpha value is 0.250. The molecule has 0 unspecified atom stereocenters. The highest BCUT2D eigenvalue weighted by Crippen LogP contribution is 2.33. The van der Waals surface area contributed by atoms with Crippen LogP contribution in [0, 0.1) is 0 Å². The predicted molar refractivity (Wildman–Crippen MR) is 83.8 cm³/mol. The monoisotopic (exact) mass is 339 g/mol. The van der Waals surface area contributed by atoms with E-state index in [1.165, 1.54) is 11.3 Å². The maximum Gasteiger partial charge on any atom is 0.244 e. The molecule has 0 aliphatic carbocycles. The summed E-state index contributed by atoms with van der Waals surface area (Å²) in [6.07, 6.45) is 0.872. The third-order valence-electron chi connectivity index (χ3n) is 3.24. The van der Waals surface area contributed by atoms with Gasteiger partial charge in [-0.2, -0.15) is 16.1 Å². The Morgan fingerprint density at radius 2 is 2.16 bits per heavy atom. The summed E-state index contributed by atoms with van der Waals surface area (Å²) >= 11 is 9.06. The van der Waals surface area contributed by atoms with Crippen molar-refractivity contribution in [1.29, 1.82) is 0 Å². The second-order valence-electron chi connectivity index (χ2n) is 5.10. The number of rotatable bonds is 3. The number of halogens is 1. The van der Waals surface area contributed by atoms with Crippen LogP contribution in [-0.2, 0) is 15.9 Å². The average molecular weight is 340 g/mol. The molecule has 19 heavy (non-hydrogen) atoms. The number of hydrogen-bond donors (Lipinski definition) is 0. The van der Waals surface area contributed by atoms with Crippen LogP contribution in [0.1, 0.15) is 25.1 Å². The van der Waals surface area contributed by atoms with Gasteiger partial charge < -0.3 is 0 Å². The zero-order valence-corrected chi connectivity index (χ0v) is 14.3. The van der Waals surface area contributed by atoms with Gasteiger partial charge in [0.15, 0.2) is 0 Å². The van der Waals surface area contributed by atoms with Crippen LogP contribution < -0.4 is 0 Å². The summed E-state index contributed by atoms with van der Waals surface area (Å²) in [4.78, 5) is 1.12. The van der Waals surface area contributed by atoms with E-state index in [2.05, 4.69) is 13.8 Å². The Labute approximate surface area is 128 Å². The molecule has 1 aromatic rings. The standard InChI is InChI=1S/C12H18ClNO2S3/c1-12(2)4-5-14(6-8-18-12)19(15,16)11-3-7-17-10(11)9-13/h3,7H,4-6,8-9H2,1-2H3. The van der Waals surface area contributed by atoms with Gasteiger partial charge in [-0.25, -0.2) is 8.42 Å². The summed E-state index contributed by atoms with van der Waals surface area (Å²) in [6.45, 7) is 5.50. The maximum absolute atomic E-state index is 12.7. The van der Waals surface area contributed by atoms with Crippen LogP contribution in [0.25, 0.3) is 0 Å². The molecule has 0 amide bonds. The van der Waals surface area contributed by atoms with Crippen molar-refractivity contribution in [2.75, 3.05) is 18.8 Å². The minimum atomic E-state index is -3.39. The fraction of sp³-hybridized carbons (Fsp3) is 0.667. The molecular weight excluding hydrogens is 322 g/mol. The number of hydrogen-bond acceptors (Lipinski definition) is 4. The quantitative estimate of drug-likeness (QED) is 0.792. The molecule has 2 heterocycles. The van der Waals surface area contributed by atoms with Gasteiger partial charge >= 0.3 is 0 Å². The molecule has 0 bridgehead atoms. The largest absolute Gasteiger partial charge is 0.244 e. The van der Waals surface area contributed by atoms with E-state index in [0.29, 0.717) is 18.0 Å². The molecule has 0 radical (unpaired) electrons. The van der Waals surface area contributed by atoms with Crippen LogP contribution >= 0.6 is 34.7 Å². The number of thiophene rings is 1. The van der Waals surface area contributed by atoms with Crippen molar-refractivity contribution in [3.05, 3.63) is 16.3 Å². The van der Waals surface area contributed by atoms with Gasteiger partial charge in [0.05, 0.1) is 10.8 Å². The van der Waals surface area contributed by atoms with Crippen LogP contribution in [-0.4, -0.2) is 36.3 Å². The van der Waals surface area contributed by atoms with E-state index in [1.807, 2.05) is 11.8 Å². The van der Waals surface area contributed by atoms with Crippen molar-refractivity contribution >= 4 is 44.7 Å². The van der Waals surface area contributed by atoms with E-state index in [4.69, 9.17) is 11.6 Å². The maximum atomic E-state index is 12.7. The first-order valence-electron chi connectivity index (χ1n) is 6.13. The molecule has 0 aromatic carbocycles. The van der Waals surface area contributed by atoms with Crippen LogP contribution in [0.5, 0.6) is 0 Å². The number of thioether (sulfide) groups is 1. The summed E-state index contributed by atoms with van der Waals surface area (Å²) in [6, 6.07) is 1.67. The zero-order valence-electron chi connectivity index (χ0n) is 11.1. The predicted octanol–water partition coefficient (Wildman–Crippen LogP) is 3.39. The average Bonchev–Trinajstić information content (AvgIpc) is 2.74.